The topological polar surface area (TPSA) is 96.4 Å². The summed E-state index contributed by atoms with van der Waals surface area (Å²) in [6.45, 7) is 0.360. The molecule has 1 aliphatic rings. The molecule has 1 atom stereocenters. The molecule has 0 aromatic heterocycles. The second kappa shape index (κ2) is 7.67. The molecule has 1 saturated heterocycles. The van der Waals surface area contributed by atoms with E-state index in [-0.39, 0.29) is 43.5 Å². The highest BCUT2D eigenvalue weighted by atomic mass is 35.5. The first-order valence-electron chi connectivity index (χ1n) is 6.63. The monoisotopic (exact) mass is 385 g/mol. The zero-order valence-electron chi connectivity index (χ0n) is 12.3. The molecule has 1 aromatic rings. The van der Waals surface area contributed by atoms with Crippen molar-refractivity contribution in [3.05, 3.63) is 29.3 Å². The number of hydrogen-bond acceptors (Lipinski definition) is 5. The lowest BCUT2D eigenvalue weighted by Gasteiger charge is -2.31. The summed E-state index contributed by atoms with van der Waals surface area (Å²) >= 11 is 0. The van der Waals surface area contributed by atoms with E-state index < -0.39 is 33.4 Å². The third kappa shape index (κ3) is 4.17. The Morgan fingerprint density at radius 2 is 2.08 bits per heavy atom. The van der Waals surface area contributed by atoms with Crippen LogP contribution >= 0.6 is 12.4 Å². The third-order valence-corrected chi connectivity index (χ3v) is 5.28. The van der Waals surface area contributed by atoms with Gasteiger partial charge in [0.25, 0.3) is 0 Å². The van der Waals surface area contributed by atoms with Crippen molar-refractivity contribution < 1.29 is 26.3 Å². The molecule has 1 aliphatic heterocycles. The molecule has 2 N–H and O–H groups in total. The lowest BCUT2D eigenvalue weighted by Crippen LogP contribution is -2.48. The first-order chi connectivity index (χ1) is 10.7. The molecule has 1 unspecified atom stereocenters. The van der Waals surface area contributed by atoms with E-state index >= 15 is 0 Å². The molecular weight excluding hydrogens is 371 g/mol. The number of benzene rings is 1. The molecule has 1 heterocycles. The van der Waals surface area contributed by atoms with E-state index in [1.54, 1.807) is 0 Å². The normalized spacial score (nSPS) is 19.4. The number of morpholine rings is 1. The van der Waals surface area contributed by atoms with Crippen LogP contribution in [-0.2, 0) is 20.9 Å². The standard InChI is InChI=1S/C13H14F3N3O3S.ClH/c14-13(15,16)12-2-1-11(5-9(12)6-17)23(20,21)19-3-4-22-10(7-18)8-19;/h1-2,5,10H,3-4,7-8,18H2;1H. The Bertz CT molecular complexity index is 734. The van der Waals surface area contributed by atoms with Crippen LogP contribution in [0, 0.1) is 11.3 Å². The first-order valence-corrected chi connectivity index (χ1v) is 8.07. The highest BCUT2D eigenvalue weighted by Crippen LogP contribution is 2.33. The summed E-state index contributed by atoms with van der Waals surface area (Å²) in [7, 11) is -4.02. The molecule has 2 rings (SSSR count). The van der Waals surface area contributed by atoms with Crippen molar-refractivity contribution in [2.75, 3.05) is 26.2 Å². The number of ether oxygens (including phenoxy) is 1. The SMILES string of the molecule is Cl.N#Cc1cc(S(=O)(=O)N2CCOC(CN)C2)ccc1C(F)(F)F. The number of hydrogen-bond donors (Lipinski definition) is 1. The van der Waals surface area contributed by atoms with Gasteiger partial charge < -0.3 is 10.5 Å². The molecule has 0 radical (unpaired) electrons. The molecule has 0 aliphatic carbocycles. The zero-order chi connectivity index (χ0) is 17.3. The Morgan fingerprint density at radius 3 is 2.62 bits per heavy atom. The average molecular weight is 386 g/mol. The second-order valence-electron chi connectivity index (χ2n) is 4.91. The number of nitrogens with zero attached hydrogens (tertiary/aromatic N) is 2. The van der Waals surface area contributed by atoms with E-state index in [2.05, 4.69) is 0 Å². The van der Waals surface area contributed by atoms with Crippen LogP contribution in [0.4, 0.5) is 13.2 Å². The molecule has 6 nitrogen and oxygen atoms in total. The van der Waals surface area contributed by atoms with Gasteiger partial charge in [0.1, 0.15) is 0 Å². The van der Waals surface area contributed by atoms with E-state index in [1.807, 2.05) is 0 Å². The Labute approximate surface area is 143 Å². The number of halogens is 4. The summed E-state index contributed by atoms with van der Waals surface area (Å²) in [5.41, 5.74) is 3.55. The van der Waals surface area contributed by atoms with Crippen molar-refractivity contribution in [2.24, 2.45) is 5.73 Å². The van der Waals surface area contributed by atoms with E-state index in [9.17, 15) is 21.6 Å². The lowest BCUT2D eigenvalue weighted by molar-refractivity contribution is -0.137. The van der Waals surface area contributed by atoms with Crippen LogP contribution in [0.2, 0.25) is 0 Å². The molecule has 0 amide bonds. The Morgan fingerprint density at radius 1 is 1.42 bits per heavy atom. The molecule has 1 aromatic carbocycles. The molecule has 11 heteroatoms. The Kier molecular flexibility index (Phi) is 6.60. The number of alkyl halides is 3. The van der Waals surface area contributed by atoms with Crippen molar-refractivity contribution in [1.29, 1.82) is 5.26 Å². The zero-order valence-corrected chi connectivity index (χ0v) is 13.9. The summed E-state index contributed by atoms with van der Waals surface area (Å²) in [5, 5.41) is 8.87. The largest absolute Gasteiger partial charge is 0.417 e. The van der Waals surface area contributed by atoms with Gasteiger partial charge in [0.15, 0.2) is 0 Å². The van der Waals surface area contributed by atoms with Gasteiger partial charge in [-0.3, -0.25) is 0 Å². The van der Waals surface area contributed by atoms with E-state index in [4.69, 9.17) is 15.7 Å². The fourth-order valence-corrected chi connectivity index (χ4v) is 3.71. The van der Waals surface area contributed by atoms with Gasteiger partial charge in [-0.2, -0.15) is 22.7 Å². The maximum Gasteiger partial charge on any atom is 0.417 e. The van der Waals surface area contributed by atoms with E-state index in [0.717, 1.165) is 16.4 Å². The molecule has 0 spiro atoms. The molecule has 0 bridgehead atoms. The minimum Gasteiger partial charge on any atom is -0.374 e. The molecular formula is C13H15ClF3N3O3S. The van der Waals surface area contributed by atoms with E-state index in [0.29, 0.717) is 6.07 Å². The van der Waals surface area contributed by atoms with Gasteiger partial charge >= 0.3 is 6.18 Å². The predicted molar refractivity (Wildman–Crippen MR) is 81.0 cm³/mol. The van der Waals surface area contributed by atoms with Gasteiger partial charge in [0.2, 0.25) is 10.0 Å². The van der Waals surface area contributed by atoms with Crippen molar-refractivity contribution in [3.8, 4) is 6.07 Å². The second-order valence-corrected chi connectivity index (χ2v) is 6.85. The summed E-state index contributed by atoms with van der Waals surface area (Å²) in [4.78, 5) is -0.361. The van der Waals surface area contributed by atoms with Crippen LogP contribution in [-0.4, -0.2) is 45.1 Å². The van der Waals surface area contributed by atoms with Gasteiger partial charge in [-0.25, -0.2) is 8.42 Å². The number of rotatable bonds is 3. The maximum absolute atomic E-state index is 12.8. The van der Waals surface area contributed by atoms with Crippen molar-refractivity contribution in [2.45, 2.75) is 17.2 Å². The van der Waals surface area contributed by atoms with Crippen LogP contribution in [0.3, 0.4) is 0 Å². The molecule has 24 heavy (non-hydrogen) atoms. The average Bonchev–Trinajstić information content (AvgIpc) is 2.53. The molecule has 0 saturated carbocycles. The molecule has 134 valence electrons. The maximum atomic E-state index is 12.8. The van der Waals surface area contributed by atoms with Crippen molar-refractivity contribution in [1.82, 2.24) is 4.31 Å². The highest BCUT2D eigenvalue weighted by molar-refractivity contribution is 7.89. The van der Waals surface area contributed by atoms with Gasteiger partial charge in [0, 0.05) is 19.6 Å². The summed E-state index contributed by atoms with van der Waals surface area (Å²) in [5.74, 6) is 0. The summed E-state index contributed by atoms with van der Waals surface area (Å²) in [6, 6.07) is 3.59. The molecule has 1 fully saturated rings. The van der Waals surface area contributed by atoms with E-state index in [1.165, 1.54) is 6.07 Å². The summed E-state index contributed by atoms with van der Waals surface area (Å²) in [6.07, 6.45) is -5.19. The highest BCUT2D eigenvalue weighted by Gasteiger charge is 2.36. The van der Waals surface area contributed by atoms with Gasteiger partial charge in [0.05, 0.1) is 34.8 Å². The van der Waals surface area contributed by atoms with Crippen LogP contribution in [0.15, 0.2) is 23.1 Å². The quantitative estimate of drug-likeness (QED) is 0.847. The van der Waals surface area contributed by atoms with Crippen molar-refractivity contribution in [3.63, 3.8) is 0 Å². The lowest BCUT2D eigenvalue weighted by atomic mass is 10.1. The smallest absolute Gasteiger partial charge is 0.374 e. The number of nitrogens with two attached hydrogens (primary N) is 1. The van der Waals surface area contributed by atoms with Crippen LogP contribution < -0.4 is 5.73 Å². The minimum absolute atomic E-state index is 0. The Hall–Kier alpha value is -1.38. The van der Waals surface area contributed by atoms with Crippen molar-refractivity contribution >= 4 is 22.4 Å². The Balaban J connectivity index is 0.00000288. The van der Waals surface area contributed by atoms with Gasteiger partial charge in [-0.1, -0.05) is 0 Å². The number of sulfonamides is 1. The third-order valence-electron chi connectivity index (χ3n) is 3.42. The fraction of sp³-hybridized carbons (Fsp3) is 0.462. The first kappa shape index (κ1) is 20.7. The minimum atomic E-state index is -4.73. The van der Waals surface area contributed by atoms with Crippen LogP contribution in [0.25, 0.3) is 0 Å². The fourth-order valence-electron chi connectivity index (χ4n) is 2.23. The van der Waals surface area contributed by atoms with Crippen LogP contribution in [0.1, 0.15) is 11.1 Å². The summed E-state index contributed by atoms with van der Waals surface area (Å²) < 4.78 is 69.7. The van der Waals surface area contributed by atoms with Gasteiger partial charge in [-0.05, 0) is 18.2 Å². The van der Waals surface area contributed by atoms with Crippen LogP contribution in [0.5, 0.6) is 0 Å². The number of nitriles is 1. The predicted octanol–water partition coefficient (Wildman–Crippen LogP) is 1.35. The van der Waals surface area contributed by atoms with Gasteiger partial charge in [-0.15, -0.1) is 12.4 Å².